The van der Waals surface area contributed by atoms with Gasteiger partial charge in [-0.25, -0.2) is 4.98 Å². The van der Waals surface area contributed by atoms with Gasteiger partial charge in [-0.05, 0) is 37.8 Å². The van der Waals surface area contributed by atoms with Gasteiger partial charge in [0, 0.05) is 17.5 Å². The van der Waals surface area contributed by atoms with Crippen molar-refractivity contribution in [1.82, 2.24) is 15.0 Å². The van der Waals surface area contributed by atoms with E-state index in [9.17, 15) is 0 Å². The highest BCUT2D eigenvalue weighted by molar-refractivity contribution is 5.49. The molecule has 0 aliphatic heterocycles. The lowest BCUT2D eigenvalue weighted by molar-refractivity contribution is 0.441. The molecule has 22 heavy (non-hydrogen) atoms. The lowest BCUT2D eigenvalue weighted by atomic mass is 9.83. The third-order valence-corrected chi connectivity index (χ3v) is 4.33. The summed E-state index contributed by atoms with van der Waals surface area (Å²) in [7, 11) is 0. The maximum absolute atomic E-state index is 6.22. The molecule has 0 spiro atoms. The van der Waals surface area contributed by atoms with Crippen molar-refractivity contribution in [2.24, 2.45) is 0 Å². The van der Waals surface area contributed by atoms with Crippen molar-refractivity contribution in [3.05, 3.63) is 41.3 Å². The summed E-state index contributed by atoms with van der Waals surface area (Å²) in [5.41, 5.74) is 9.33. The number of nitrogen functional groups attached to an aromatic ring is 1. The zero-order valence-electron chi connectivity index (χ0n) is 13.0. The first kappa shape index (κ1) is 14.8. The fraction of sp³-hybridized carbons (Fsp3) is 0.471. The van der Waals surface area contributed by atoms with Crippen LogP contribution in [-0.2, 0) is 6.54 Å². The van der Waals surface area contributed by atoms with Crippen LogP contribution in [0, 0.1) is 6.92 Å². The summed E-state index contributed by atoms with van der Waals surface area (Å²) in [6, 6.07) is 5.84. The van der Waals surface area contributed by atoms with Gasteiger partial charge in [0.1, 0.15) is 5.82 Å². The van der Waals surface area contributed by atoms with Crippen LogP contribution >= 0.6 is 0 Å². The van der Waals surface area contributed by atoms with Gasteiger partial charge < -0.3 is 11.1 Å². The van der Waals surface area contributed by atoms with E-state index >= 15 is 0 Å². The molecule has 5 nitrogen and oxygen atoms in total. The van der Waals surface area contributed by atoms with E-state index in [1.807, 2.05) is 25.1 Å². The predicted octanol–water partition coefficient (Wildman–Crippen LogP) is 3.42. The van der Waals surface area contributed by atoms with Crippen LogP contribution in [0.3, 0.4) is 0 Å². The van der Waals surface area contributed by atoms with E-state index in [4.69, 9.17) is 5.73 Å². The molecule has 1 fully saturated rings. The normalized spacial score (nSPS) is 15.7. The topological polar surface area (TPSA) is 76.7 Å². The summed E-state index contributed by atoms with van der Waals surface area (Å²) in [6.07, 6.45) is 8.08. The van der Waals surface area contributed by atoms with Gasteiger partial charge in [0.15, 0.2) is 0 Å². The Morgan fingerprint density at radius 3 is 2.68 bits per heavy atom. The van der Waals surface area contributed by atoms with E-state index in [0.717, 1.165) is 17.0 Å². The van der Waals surface area contributed by atoms with Crippen LogP contribution in [-0.4, -0.2) is 15.0 Å². The zero-order valence-corrected chi connectivity index (χ0v) is 13.0. The van der Waals surface area contributed by atoms with E-state index in [1.54, 1.807) is 6.20 Å². The predicted molar refractivity (Wildman–Crippen MR) is 88.6 cm³/mol. The smallest absolute Gasteiger partial charge is 0.225 e. The summed E-state index contributed by atoms with van der Waals surface area (Å²) < 4.78 is 0. The minimum Gasteiger partial charge on any atom is -0.383 e. The fourth-order valence-corrected chi connectivity index (χ4v) is 3.25. The molecule has 3 N–H and O–H groups in total. The first-order valence-corrected chi connectivity index (χ1v) is 8.02. The molecule has 2 aromatic rings. The van der Waals surface area contributed by atoms with Crippen molar-refractivity contribution in [2.75, 3.05) is 11.1 Å². The lowest BCUT2D eigenvalue weighted by Gasteiger charge is -2.24. The average Bonchev–Trinajstić information content (AvgIpc) is 2.54. The van der Waals surface area contributed by atoms with Crippen LogP contribution < -0.4 is 11.1 Å². The van der Waals surface area contributed by atoms with E-state index in [2.05, 4.69) is 20.3 Å². The number of rotatable bonds is 4. The lowest BCUT2D eigenvalue weighted by Crippen LogP contribution is -2.14. The van der Waals surface area contributed by atoms with E-state index in [-0.39, 0.29) is 0 Å². The number of nitrogens with two attached hydrogens (primary N) is 1. The minimum atomic E-state index is 0.526. The third kappa shape index (κ3) is 3.35. The molecule has 0 amide bonds. The SMILES string of the molecule is Cc1nc(NCc2ccccn2)nc(N)c1C1CCCCC1. The highest BCUT2D eigenvalue weighted by atomic mass is 15.1. The van der Waals surface area contributed by atoms with Gasteiger partial charge in [-0.3, -0.25) is 4.98 Å². The highest BCUT2D eigenvalue weighted by Gasteiger charge is 2.21. The van der Waals surface area contributed by atoms with Crippen LogP contribution in [0.15, 0.2) is 24.4 Å². The van der Waals surface area contributed by atoms with E-state index < -0.39 is 0 Å². The first-order valence-electron chi connectivity index (χ1n) is 8.02. The fourth-order valence-electron chi connectivity index (χ4n) is 3.25. The average molecular weight is 297 g/mol. The van der Waals surface area contributed by atoms with Crippen molar-refractivity contribution < 1.29 is 0 Å². The van der Waals surface area contributed by atoms with Gasteiger partial charge in [-0.15, -0.1) is 0 Å². The largest absolute Gasteiger partial charge is 0.383 e. The Kier molecular flexibility index (Phi) is 4.51. The Labute approximate surface area is 131 Å². The van der Waals surface area contributed by atoms with E-state index in [1.165, 1.54) is 32.1 Å². The number of aromatic nitrogens is 3. The Bertz CT molecular complexity index is 597. The van der Waals surface area contributed by atoms with Gasteiger partial charge in [-0.2, -0.15) is 4.98 Å². The maximum Gasteiger partial charge on any atom is 0.225 e. The van der Waals surface area contributed by atoms with Gasteiger partial charge in [0.2, 0.25) is 5.95 Å². The van der Waals surface area contributed by atoms with Crippen molar-refractivity contribution in [1.29, 1.82) is 0 Å². The number of aryl methyl sites for hydroxylation is 1. The Hall–Kier alpha value is -2.17. The summed E-state index contributed by atoms with van der Waals surface area (Å²) in [5.74, 6) is 1.74. The molecule has 0 unspecified atom stereocenters. The molecule has 0 aromatic carbocycles. The van der Waals surface area contributed by atoms with E-state index in [0.29, 0.717) is 24.2 Å². The molecule has 3 rings (SSSR count). The minimum absolute atomic E-state index is 0.526. The second-order valence-electron chi connectivity index (χ2n) is 5.94. The molecule has 0 radical (unpaired) electrons. The van der Waals surface area contributed by atoms with Crippen LogP contribution in [0.5, 0.6) is 0 Å². The number of hydrogen-bond acceptors (Lipinski definition) is 5. The molecule has 1 saturated carbocycles. The molecule has 0 bridgehead atoms. The molecule has 0 saturated heterocycles. The number of nitrogens with zero attached hydrogens (tertiary/aromatic N) is 3. The summed E-state index contributed by atoms with van der Waals surface area (Å²) in [4.78, 5) is 13.3. The monoisotopic (exact) mass is 297 g/mol. The van der Waals surface area contributed by atoms with Crippen molar-refractivity contribution >= 4 is 11.8 Å². The number of pyridine rings is 1. The number of nitrogens with one attached hydrogen (secondary N) is 1. The van der Waals surface area contributed by atoms with Gasteiger partial charge in [0.25, 0.3) is 0 Å². The second kappa shape index (κ2) is 6.73. The van der Waals surface area contributed by atoms with Gasteiger partial charge in [-0.1, -0.05) is 25.3 Å². The molecular weight excluding hydrogens is 274 g/mol. The van der Waals surface area contributed by atoms with Gasteiger partial charge >= 0.3 is 0 Å². The molecular formula is C17H23N5. The van der Waals surface area contributed by atoms with Crippen LogP contribution in [0.25, 0.3) is 0 Å². The summed E-state index contributed by atoms with van der Waals surface area (Å²) >= 11 is 0. The first-order chi connectivity index (χ1) is 10.7. The number of hydrogen-bond donors (Lipinski definition) is 2. The molecule has 2 heterocycles. The molecule has 116 valence electrons. The van der Waals surface area contributed by atoms with Gasteiger partial charge in [0.05, 0.1) is 12.2 Å². The molecule has 1 aliphatic carbocycles. The highest BCUT2D eigenvalue weighted by Crippen LogP contribution is 2.36. The Balaban J connectivity index is 1.74. The standard InChI is InChI=1S/C17H23N5/c1-12-15(13-7-3-2-4-8-13)16(18)22-17(21-12)20-11-14-9-5-6-10-19-14/h5-6,9-10,13H,2-4,7-8,11H2,1H3,(H3,18,20,21,22). The molecule has 5 heteroatoms. The number of anilines is 2. The molecule has 2 aromatic heterocycles. The van der Waals surface area contributed by atoms with Crippen LogP contribution in [0.2, 0.25) is 0 Å². The molecule has 0 atom stereocenters. The quantitative estimate of drug-likeness (QED) is 0.904. The van der Waals surface area contributed by atoms with Crippen LogP contribution in [0.4, 0.5) is 11.8 Å². The summed E-state index contributed by atoms with van der Waals surface area (Å²) in [5, 5.41) is 3.21. The zero-order chi connectivity index (χ0) is 15.4. The molecule has 1 aliphatic rings. The summed E-state index contributed by atoms with van der Waals surface area (Å²) in [6.45, 7) is 2.64. The third-order valence-electron chi connectivity index (χ3n) is 4.33. The van der Waals surface area contributed by atoms with Crippen molar-refractivity contribution in [3.8, 4) is 0 Å². The maximum atomic E-state index is 6.22. The Morgan fingerprint density at radius 2 is 2.00 bits per heavy atom. The van der Waals surface area contributed by atoms with Crippen molar-refractivity contribution in [3.63, 3.8) is 0 Å². The Morgan fingerprint density at radius 1 is 1.18 bits per heavy atom. The van der Waals surface area contributed by atoms with Crippen molar-refractivity contribution in [2.45, 2.75) is 51.5 Å². The second-order valence-corrected chi connectivity index (χ2v) is 5.94. The van der Waals surface area contributed by atoms with Crippen LogP contribution in [0.1, 0.15) is 55.0 Å².